The van der Waals surface area contributed by atoms with Crippen molar-refractivity contribution in [1.82, 2.24) is 9.88 Å². The van der Waals surface area contributed by atoms with Crippen LogP contribution in [0.25, 0.3) is 10.9 Å². The topological polar surface area (TPSA) is 72.4 Å². The average molecular weight is 434 g/mol. The van der Waals surface area contributed by atoms with Crippen molar-refractivity contribution in [3.63, 3.8) is 0 Å². The van der Waals surface area contributed by atoms with Gasteiger partial charge in [-0.2, -0.15) is 0 Å². The highest BCUT2D eigenvalue weighted by Gasteiger charge is 2.30. The molecule has 1 aliphatic heterocycles. The highest BCUT2D eigenvalue weighted by Crippen LogP contribution is 2.27. The predicted octanol–water partition coefficient (Wildman–Crippen LogP) is 4.58. The number of carbonyl (C=O) groups excluding carboxylic acids is 2. The lowest BCUT2D eigenvalue weighted by Crippen LogP contribution is -2.40. The number of fused-ring (bicyclic) bond motifs is 1. The minimum absolute atomic E-state index is 0.0316. The van der Waals surface area contributed by atoms with Crippen LogP contribution in [-0.2, 0) is 16.1 Å². The van der Waals surface area contributed by atoms with Crippen molar-refractivity contribution in [2.24, 2.45) is 5.92 Å². The molecule has 4 rings (SSSR count). The first kappa shape index (κ1) is 22.1. The third-order valence-corrected chi connectivity index (χ3v) is 6.03. The van der Waals surface area contributed by atoms with Gasteiger partial charge >= 0.3 is 0 Å². The Morgan fingerprint density at radius 2 is 1.91 bits per heavy atom. The van der Waals surface area contributed by atoms with Gasteiger partial charge in [0, 0.05) is 42.2 Å². The summed E-state index contributed by atoms with van der Waals surface area (Å²) >= 11 is 0. The van der Waals surface area contributed by atoms with Crippen LogP contribution in [0.4, 0.5) is 5.69 Å². The van der Waals surface area contributed by atoms with Crippen LogP contribution in [0.2, 0.25) is 0 Å². The Bertz CT molecular complexity index is 1110. The largest absolute Gasteiger partial charge is 0.373 e. The fraction of sp³-hybridized carbons (Fsp3) is 0.385. The number of carbonyl (C=O) groups is 2. The van der Waals surface area contributed by atoms with Crippen LogP contribution < -0.4 is 10.6 Å². The molecule has 2 aromatic carbocycles. The van der Waals surface area contributed by atoms with Crippen molar-refractivity contribution < 1.29 is 14.3 Å². The summed E-state index contributed by atoms with van der Waals surface area (Å²) in [7, 11) is 0. The number of nitrogens with zero attached hydrogens (tertiary/aromatic N) is 1. The summed E-state index contributed by atoms with van der Waals surface area (Å²) < 4.78 is 7.86. The van der Waals surface area contributed by atoms with E-state index in [1.165, 1.54) is 0 Å². The Hall–Kier alpha value is -3.12. The number of anilines is 1. The molecule has 1 fully saturated rings. The zero-order chi connectivity index (χ0) is 22.7. The second kappa shape index (κ2) is 9.17. The molecule has 0 radical (unpaired) electrons. The molecule has 6 nitrogen and oxygen atoms in total. The van der Waals surface area contributed by atoms with Gasteiger partial charge in [-0.25, -0.2) is 0 Å². The second-order valence-corrected chi connectivity index (χ2v) is 9.10. The summed E-state index contributed by atoms with van der Waals surface area (Å²) in [6.45, 7) is 7.57. The van der Waals surface area contributed by atoms with Crippen molar-refractivity contribution >= 4 is 28.4 Å². The summed E-state index contributed by atoms with van der Waals surface area (Å²) in [4.78, 5) is 25.3. The molecule has 6 heteroatoms. The Morgan fingerprint density at radius 1 is 1.12 bits per heavy atom. The number of rotatable bonds is 7. The van der Waals surface area contributed by atoms with Crippen LogP contribution in [0.15, 0.2) is 54.6 Å². The molecule has 1 saturated heterocycles. The van der Waals surface area contributed by atoms with Crippen molar-refractivity contribution in [3.05, 3.63) is 65.9 Å². The van der Waals surface area contributed by atoms with Crippen LogP contribution in [-0.4, -0.2) is 35.1 Å². The quantitative estimate of drug-likeness (QED) is 0.573. The number of amides is 2. The lowest BCUT2D eigenvalue weighted by molar-refractivity contribution is -0.118. The fourth-order valence-electron chi connectivity index (χ4n) is 4.09. The van der Waals surface area contributed by atoms with E-state index in [-0.39, 0.29) is 23.3 Å². The monoisotopic (exact) mass is 433 g/mol. The summed E-state index contributed by atoms with van der Waals surface area (Å²) in [6, 6.07) is 17.8. The van der Waals surface area contributed by atoms with Gasteiger partial charge in [-0.15, -0.1) is 0 Å². The Balaban J connectivity index is 1.65. The molecule has 1 aliphatic rings. The summed E-state index contributed by atoms with van der Waals surface area (Å²) in [5.41, 5.74) is 3.08. The summed E-state index contributed by atoms with van der Waals surface area (Å²) in [6.07, 6.45) is 1.96. The van der Waals surface area contributed by atoms with E-state index < -0.39 is 0 Å². The Kier molecular flexibility index (Phi) is 6.33. The highest BCUT2D eigenvalue weighted by molar-refractivity contribution is 6.00. The molecule has 32 heavy (non-hydrogen) atoms. The highest BCUT2D eigenvalue weighted by atomic mass is 16.5. The SMILES string of the molecule is CC(C)C(=O)Nc1ccc2c(c1)cc(C(=O)NC[C@]1(C)CCCO1)n2Cc1ccccc1. The second-order valence-electron chi connectivity index (χ2n) is 9.10. The van der Waals surface area contributed by atoms with Gasteiger partial charge in [-0.05, 0) is 49.6 Å². The molecule has 2 amide bonds. The Labute approximate surface area is 188 Å². The van der Waals surface area contributed by atoms with Gasteiger partial charge in [0.05, 0.1) is 5.60 Å². The number of aromatic nitrogens is 1. The van der Waals surface area contributed by atoms with E-state index in [9.17, 15) is 9.59 Å². The van der Waals surface area contributed by atoms with Gasteiger partial charge in [0.2, 0.25) is 5.91 Å². The third kappa shape index (κ3) is 4.86. The van der Waals surface area contributed by atoms with Crippen LogP contribution >= 0.6 is 0 Å². The first-order chi connectivity index (χ1) is 15.3. The molecule has 0 unspecified atom stereocenters. The minimum Gasteiger partial charge on any atom is -0.373 e. The maximum Gasteiger partial charge on any atom is 0.268 e. The lowest BCUT2D eigenvalue weighted by atomic mass is 10.0. The zero-order valence-corrected chi connectivity index (χ0v) is 19.0. The van der Waals surface area contributed by atoms with E-state index in [0.717, 1.165) is 41.6 Å². The van der Waals surface area contributed by atoms with Crippen LogP contribution in [0.1, 0.15) is 49.7 Å². The van der Waals surface area contributed by atoms with Gasteiger partial charge in [0.25, 0.3) is 5.91 Å². The normalized spacial score (nSPS) is 18.2. The third-order valence-electron chi connectivity index (χ3n) is 6.03. The summed E-state index contributed by atoms with van der Waals surface area (Å²) in [5, 5.41) is 6.93. The van der Waals surface area contributed by atoms with Gasteiger partial charge < -0.3 is 19.9 Å². The van der Waals surface area contributed by atoms with Crippen LogP contribution in [0, 0.1) is 5.92 Å². The van der Waals surface area contributed by atoms with E-state index in [1.807, 2.05) is 67.8 Å². The molecular weight excluding hydrogens is 402 g/mol. The molecular formula is C26H31N3O3. The smallest absolute Gasteiger partial charge is 0.268 e. The molecule has 0 spiro atoms. The van der Waals surface area contributed by atoms with Crippen molar-refractivity contribution in [1.29, 1.82) is 0 Å². The maximum atomic E-state index is 13.2. The molecule has 2 heterocycles. The molecule has 168 valence electrons. The van der Waals surface area contributed by atoms with Crippen molar-refractivity contribution in [3.8, 4) is 0 Å². The van der Waals surface area contributed by atoms with E-state index in [4.69, 9.17) is 4.74 Å². The molecule has 1 aromatic heterocycles. The first-order valence-corrected chi connectivity index (χ1v) is 11.2. The molecule has 2 N–H and O–H groups in total. The van der Waals surface area contributed by atoms with Crippen molar-refractivity contribution in [2.75, 3.05) is 18.5 Å². The molecule has 0 saturated carbocycles. The van der Waals surface area contributed by atoms with E-state index in [1.54, 1.807) is 0 Å². The zero-order valence-electron chi connectivity index (χ0n) is 19.0. The van der Waals surface area contributed by atoms with E-state index >= 15 is 0 Å². The maximum absolute atomic E-state index is 13.2. The summed E-state index contributed by atoms with van der Waals surface area (Å²) in [5.74, 6) is -0.258. The van der Waals surface area contributed by atoms with E-state index in [0.29, 0.717) is 18.8 Å². The van der Waals surface area contributed by atoms with Gasteiger partial charge in [0.15, 0.2) is 0 Å². The number of benzene rings is 2. The number of hydrogen-bond acceptors (Lipinski definition) is 3. The number of hydrogen-bond donors (Lipinski definition) is 2. The predicted molar refractivity (Wildman–Crippen MR) is 127 cm³/mol. The molecule has 0 bridgehead atoms. The van der Waals surface area contributed by atoms with Crippen molar-refractivity contribution in [2.45, 2.75) is 45.8 Å². The first-order valence-electron chi connectivity index (χ1n) is 11.2. The van der Waals surface area contributed by atoms with E-state index in [2.05, 4.69) is 22.8 Å². The lowest BCUT2D eigenvalue weighted by Gasteiger charge is -2.23. The standard InChI is InChI=1S/C26H31N3O3/c1-18(2)24(30)28-21-10-11-22-20(14-21)15-23(29(22)16-19-8-5-4-6-9-19)25(31)27-17-26(3)12-7-13-32-26/h4-6,8-11,14-15,18H,7,12-13,16-17H2,1-3H3,(H,27,31)(H,28,30)/t26-/m0/s1. The Morgan fingerprint density at radius 3 is 2.59 bits per heavy atom. The minimum atomic E-state index is -0.305. The average Bonchev–Trinajstić information content (AvgIpc) is 3.37. The van der Waals surface area contributed by atoms with Gasteiger partial charge in [-0.3, -0.25) is 9.59 Å². The fourth-order valence-corrected chi connectivity index (χ4v) is 4.09. The van der Waals surface area contributed by atoms with Crippen LogP contribution in [0.5, 0.6) is 0 Å². The number of ether oxygens (including phenoxy) is 1. The molecule has 3 aromatic rings. The van der Waals surface area contributed by atoms with Gasteiger partial charge in [0.1, 0.15) is 5.69 Å². The van der Waals surface area contributed by atoms with Crippen LogP contribution in [0.3, 0.4) is 0 Å². The molecule has 0 aliphatic carbocycles. The molecule has 1 atom stereocenters. The van der Waals surface area contributed by atoms with Gasteiger partial charge in [-0.1, -0.05) is 44.2 Å². The number of nitrogens with one attached hydrogen (secondary N) is 2.